The molecule has 0 unspecified atom stereocenters. The number of fused-ring (bicyclic) bond motifs is 2. The number of halogens is 4. The zero-order chi connectivity index (χ0) is 24.1. The van der Waals surface area contributed by atoms with E-state index in [1.807, 2.05) is 0 Å². The molecule has 2 aliphatic heterocycles. The molecule has 4 heterocycles. The van der Waals surface area contributed by atoms with Crippen LogP contribution in [0.5, 0.6) is 0 Å². The van der Waals surface area contributed by atoms with Gasteiger partial charge in [-0.25, -0.2) is 13.5 Å². The molecule has 2 atom stereocenters. The van der Waals surface area contributed by atoms with E-state index in [0.717, 1.165) is 25.6 Å². The largest absolute Gasteiger partial charge is 0.415 e. The fraction of sp³-hybridized carbons (Fsp3) is 0.304. The predicted octanol–water partition coefficient (Wildman–Crippen LogP) is 3.81. The minimum atomic E-state index is -2.90. The highest BCUT2D eigenvalue weighted by Gasteiger charge is 2.38. The molecule has 12 heteroatoms. The Balaban J connectivity index is 1.20. The van der Waals surface area contributed by atoms with Crippen LogP contribution >= 0.6 is 0 Å². The number of piperazine rings is 1. The minimum Gasteiger partial charge on any atom is -0.415 e. The van der Waals surface area contributed by atoms with E-state index in [9.17, 15) is 17.6 Å². The van der Waals surface area contributed by atoms with Crippen LogP contribution in [0.4, 0.5) is 23.2 Å². The summed E-state index contributed by atoms with van der Waals surface area (Å²) in [5.74, 6) is -1.88. The Kier molecular flexibility index (Phi) is 5.24. The van der Waals surface area contributed by atoms with Crippen molar-refractivity contribution in [1.29, 1.82) is 0 Å². The topological polar surface area (TPSA) is 84.9 Å². The second kappa shape index (κ2) is 8.45. The van der Waals surface area contributed by atoms with Crippen molar-refractivity contribution in [2.75, 3.05) is 18.0 Å². The first-order valence-corrected chi connectivity index (χ1v) is 11.0. The Hall–Kier alpha value is -3.80. The molecule has 0 radical (unpaired) electrons. The van der Waals surface area contributed by atoms with Gasteiger partial charge in [-0.1, -0.05) is 11.3 Å². The van der Waals surface area contributed by atoms with E-state index in [2.05, 4.69) is 30.7 Å². The van der Waals surface area contributed by atoms with Crippen LogP contribution in [0.3, 0.4) is 0 Å². The van der Waals surface area contributed by atoms with Gasteiger partial charge in [0, 0.05) is 41.9 Å². The average molecular weight is 485 g/mol. The molecule has 0 amide bonds. The van der Waals surface area contributed by atoms with Gasteiger partial charge in [-0.3, -0.25) is 0 Å². The standard InChI is InChI=1S/C23H19F4N7O/c24-17-4-3-12(6-20(17)34-10-15-7-16(34)8-28-15)19-11-33(32-29-19)9-14-2-1-13(5-18(14)25)22-30-31-23(35-22)21(26)27/h1-6,11,15-16,21,28H,7-10H2/t15-,16-/m0/s1. The first-order valence-electron chi connectivity index (χ1n) is 11.0. The SMILES string of the molecule is Fc1cc(-c2nnc(C(F)F)o2)ccc1Cn1cc(-c2ccc(F)c(N3C[C@@H]4C[C@H]3CN4)c2)nn1. The van der Waals surface area contributed by atoms with E-state index in [4.69, 9.17) is 4.42 Å². The summed E-state index contributed by atoms with van der Waals surface area (Å²) in [6.07, 6.45) is -0.236. The molecule has 2 fully saturated rings. The van der Waals surface area contributed by atoms with Gasteiger partial charge < -0.3 is 14.6 Å². The van der Waals surface area contributed by atoms with Crippen molar-refractivity contribution in [3.8, 4) is 22.7 Å². The van der Waals surface area contributed by atoms with Gasteiger partial charge in [0.15, 0.2) is 0 Å². The first kappa shape index (κ1) is 21.7. The van der Waals surface area contributed by atoms with Crippen molar-refractivity contribution in [3.63, 3.8) is 0 Å². The fourth-order valence-electron chi connectivity index (χ4n) is 4.68. The quantitative estimate of drug-likeness (QED) is 0.416. The summed E-state index contributed by atoms with van der Waals surface area (Å²) in [5, 5.41) is 18.4. The lowest BCUT2D eigenvalue weighted by molar-refractivity contribution is 0.116. The van der Waals surface area contributed by atoms with Gasteiger partial charge >= 0.3 is 6.43 Å². The van der Waals surface area contributed by atoms with E-state index in [1.165, 1.54) is 22.9 Å². The number of hydrogen-bond acceptors (Lipinski definition) is 7. The van der Waals surface area contributed by atoms with Gasteiger partial charge in [0.2, 0.25) is 5.89 Å². The van der Waals surface area contributed by atoms with Crippen LogP contribution in [0.1, 0.15) is 24.3 Å². The molecular weight excluding hydrogens is 466 g/mol. The number of nitrogens with one attached hydrogen (secondary N) is 1. The molecule has 2 saturated heterocycles. The molecule has 2 bridgehead atoms. The summed E-state index contributed by atoms with van der Waals surface area (Å²) in [7, 11) is 0. The minimum absolute atomic E-state index is 0.0842. The second-order valence-corrected chi connectivity index (χ2v) is 8.67. The summed E-state index contributed by atoms with van der Waals surface area (Å²) in [5.41, 5.74) is 2.29. The number of anilines is 1. The highest BCUT2D eigenvalue weighted by molar-refractivity contribution is 5.66. The van der Waals surface area contributed by atoms with Gasteiger partial charge in [0.1, 0.15) is 17.3 Å². The van der Waals surface area contributed by atoms with Crippen LogP contribution in [0.2, 0.25) is 0 Å². The van der Waals surface area contributed by atoms with Gasteiger partial charge in [0.05, 0.1) is 18.4 Å². The lowest BCUT2D eigenvalue weighted by atomic mass is 10.1. The summed E-state index contributed by atoms with van der Waals surface area (Å²) in [6, 6.07) is 9.65. The number of aromatic nitrogens is 5. The third-order valence-corrected chi connectivity index (χ3v) is 6.41. The molecular formula is C23H19F4N7O. The maximum atomic E-state index is 14.7. The van der Waals surface area contributed by atoms with Gasteiger partial charge in [-0.05, 0) is 36.8 Å². The van der Waals surface area contributed by atoms with Gasteiger partial charge in [0.25, 0.3) is 5.89 Å². The third-order valence-electron chi connectivity index (χ3n) is 6.41. The predicted molar refractivity (Wildman–Crippen MR) is 117 cm³/mol. The maximum Gasteiger partial charge on any atom is 0.314 e. The molecule has 35 heavy (non-hydrogen) atoms. The van der Waals surface area contributed by atoms with E-state index in [0.29, 0.717) is 28.6 Å². The molecule has 8 nitrogen and oxygen atoms in total. The van der Waals surface area contributed by atoms with Crippen molar-refractivity contribution < 1.29 is 22.0 Å². The summed E-state index contributed by atoms with van der Waals surface area (Å²) < 4.78 is 61.0. The van der Waals surface area contributed by atoms with Crippen molar-refractivity contribution >= 4 is 5.69 Å². The second-order valence-electron chi connectivity index (χ2n) is 8.67. The lowest BCUT2D eigenvalue weighted by Crippen LogP contribution is -2.44. The summed E-state index contributed by atoms with van der Waals surface area (Å²) in [6.45, 7) is 1.69. The first-order chi connectivity index (χ1) is 16.9. The molecule has 0 spiro atoms. The highest BCUT2D eigenvalue weighted by atomic mass is 19.3. The molecule has 4 aromatic rings. The Labute approximate surface area is 196 Å². The number of benzene rings is 2. The zero-order valence-corrected chi connectivity index (χ0v) is 18.2. The Morgan fingerprint density at radius 3 is 2.60 bits per heavy atom. The van der Waals surface area contributed by atoms with Crippen LogP contribution in [-0.2, 0) is 6.54 Å². The van der Waals surface area contributed by atoms with Crippen LogP contribution in [-0.4, -0.2) is 50.4 Å². The monoisotopic (exact) mass is 485 g/mol. The van der Waals surface area contributed by atoms with Crippen molar-refractivity contribution in [2.24, 2.45) is 0 Å². The molecule has 2 aromatic carbocycles. The normalized spacial score (nSPS) is 19.3. The number of rotatable bonds is 6. The summed E-state index contributed by atoms with van der Waals surface area (Å²) >= 11 is 0. The number of hydrogen-bond donors (Lipinski definition) is 1. The fourth-order valence-corrected chi connectivity index (χ4v) is 4.68. The van der Waals surface area contributed by atoms with Crippen molar-refractivity contribution in [3.05, 3.63) is 65.7 Å². The molecule has 2 aliphatic rings. The van der Waals surface area contributed by atoms with Gasteiger partial charge in [-0.15, -0.1) is 15.3 Å². The average Bonchev–Trinajstić information content (AvgIpc) is 3.65. The van der Waals surface area contributed by atoms with Crippen molar-refractivity contribution in [2.45, 2.75) is 31.5 Å². The molecule has 6 rings (SSSR count). The highest BCUT2D eigenvalue weighted by Crippen LogP contribution is 2.34. The van der Waals surface area contributed by atoms with Crippen LogP contribution < -0.4 is 10.2 Å². The Morgan fingerprint density at radius 1 is 1.03 bits per heavy atom. The van der Waals surface area contributed by atoms with E-state index in [1.54, 1.807) is 18.3 Å². The third kappa shape index (κ3) is 4.03. The molecule has 0 aliphatic carbocycles. The molecule has 1 N–H and O–H groups in total. The Morgan fingerprint density at radius 2 is 1.89 bits per heavy atom. The number of nitrogens with zero attached hydrogens (tertiary/aromatic N) is 6. The maximum absolute atomic E-state index is 14.7. The van der Waals surface area contributed by atoms with Crippen LogP contribution in [0, 0.1) is 11.6 Å². The lowest BCUT2D eigenvalue weighted by Gasteiger charge is -2.30. The van der Waals surface area contributed by atoms with E-state index in [-0.39, 0.29) is 29.9 Å². The smallest absolute Gasteiger partial charge is 0.314 e. The molecule has 180 valence electrons. The van der Waals surface area contributed by atoms with E-state index < -0.39 is 18.1 Å². The Bertz CT molecular complexity index is 1390. The van der Waals surface area contributed by atoms with Crippen LogP contribution in [0.15, 0.2) is 47.0 Å². The molecule has 0 saturated carbocycles. The summed E-state index contributed by atoms with van der Waals surface area (Å²) in [4.78, 5) is 2.09. The van der Waals surface area contributed by atoms with Crippen molar-refractivity contribution in [1.82, 2.24) is 30.5 Å². The molecule has 2 aromatic heterocycles. The van der Waals surface area contributed by atoms with Gasteiger partial charge in [-0.2, -0.15) is 8.78 Å². The number of alkyl halides is 2. The van der Waals surface area contributed by atoms with Crippen LogP contribution in [0.25, 0.3) is 22.7 Å². The zero-order valence-electron chi connectivity index (χ0n) is 18.2. The van der Waals surface area contributed by atoms with E-state index >= 15 is 0 Å².